The molecule has 13 heteroatoms. The number of ether oxygens (including phenoxy) is 2. The van der Waals surface area contributed by atoms with Crippen molar-refractivity contribution in [1.82, 2.24) is 24.9 Å². The summed E-state index contributed by atoms with van der Waals surface area (Å²) in [4.78, 5) is 22.5. The molecular weight excluding hydrogens is 534 g/mol. The minimum absolute atomic E-state index is 0.0612. The van der Waals surface area contributed by atoms with Crippen LogP contribution in [0, 0.1) is 17.6 Å². The first-order valence-electron chi connectivity index (χ1n) is 13.2. The average Bonchev–Trinajstić information content (AvgIpc) is 3.32. The second-order valence-corrected chi connectivity index (χ2v) is 10.0. The summed E-state index contributed by atoms with van der Waals surface area (Å²) in [5, 5.41) is 10.7. The van der Waals surface area contributed by atoms with E-state index in [1.807, 2.05) is 13.0 Å². The molecule has 0 aliphatic carbocycles. The number of nitrogens with one attached hydrogen (secondary N) is 2. The number of pyridine rings is 1. The normalized spacial score (nSPS) is 18.9. The first-order valence-corrected chi connectivity index (χ1v) is 13.2. The number of anilines is 3. The second kappa shape index (κ2) is 12.0. The fourth-order valence-corrected chi connectivity index (χ4v) is 5.11. The molecule has 0 spiro atoms. The van der Waals surface area contributed by atoms with Gasteiger partial charge in [-0.1, -0.05) is 6.92 Å². The summed E-state index contributed by atoms with van der Waals surface area (Å²) < 4.78 is 41.8. The zero-order chi connectivity index (χ0) is 29.1. The van der Waals surface area contributed by atoms with Crippen LogP contribution in [-0.4, -0.2) is 71.0 Å². The van der Waals surface area contributed by atoms with Crippen molar-refractivity contribution < 1.29 is 23.0 Å². The third kappa shape index (κ3) is 6.05. The molecule has 11 nitrogen and oxygen atoms in total. The van der Waals surface area contributed by atoms with Crippen LogP contribution in [0.2, 0.25) is 0 Å². The van der Waals surface area contributed by atoms with Gasteiger partial charge < -0.3 is 30.7 Å². The van der Waals surface area contributed by atoms with Crippen LogP contribution in [0.1, 0.15) is 13.8 Å². The highest BCUT2D eigenvalue weighted by molar-refractivity contribution is 5.75. The highest BCUT2D eigenvalue weighted by Gasteiger charge is 2.34. The lowest BCUT2D eigenvalue weighted by Crippen LogP contribution is -2.61. The maximum Gasteiger partial charge on any atom is 0.229 e. The maximum absolute atomic E-state index is 15.0. The highest BCUT2D eigenvalue weighted by Crippen LogP contribution is 2.32. The van der Waals surface area contributed by atoms with E-state index in [2.05, 4.69) is 30.6 Å². The Bertz CT molecular complexity index is 1510. The first-order chi connectivity index (χ1) is 19.7. The number of amides is 1. The maximum atomic E-state index is 15.0. The molecule has 1 aromatic carbocycles. The molecule has 216 valence electrons. The summed E-state index contributed by atoms with van der Waals surface area (Å²) in [6.07, 6.45) is 4.95. The van der Waals surface area contributed by atoms with E-state index in [1.165, 1.54) is 24.6 Å². The zero-order valence-corrected chi connectivity index (χ0v) is 23.0. The second-order valence-electron chi connectivity index (χ2n) is 10.0. The van der Waals surface area contributed by atoms with E-state index in [0.717, 1.165) is 17.8 Å². The number of fused-ring (bicyclic) bond motifs is 1. The lowest BCUT2D eigenvalue weighted by Gasteiger charge is -2.42. The topological polar surface area (TPSA) is 132 Å². The molecule has 0 unspecified atom stereocenters. The van der Waals surface area contributed by atoms with Gasteiger partial charge in [-0.15, -0.1) is 0 Å². The van der Waals surface area contributed by atoms with Crippen LogP contribution < -0.4 is 26.0 Å². The van der Waals surface area contributed by atoms with Gasteiger partial charge in [-0.3, -0.25) is 9.78 Å². The molecule has 4 aromatic rings. The summed E-state index contributed by atoms with van der Waals surface area (Å²) in [6, 6.07) is 6.92. The van der Waals surface area contributed by atoms with Crippen LogP contribution in [0.15, 0.2) is 48.9 Å². The Hall–Kier alpha value is -4.36. The summed E-state index contributed by atoms with van der Waals surface area (Å²) in [5.41, 5.74) is 8.37. The predicted molar refractivity (Wildman–Crippen MR) is 150 cm³/mol. The van der Waals surface area contributed by atoms with E-state index in [9.17, 15) is 4.79 Å². The number of hydrogen-bond donors (Lipinski definition) is 3. The van der Waals surface area contributed by atoms with Gasteiger partial charge in [-0.05, 0) is 24.1 Å². The number of piperidine rings is 1. The number of aromatic nitrogens is 4. The molecule has 1 aliphatic rings. The molecule has 5 rings (SSSR count). The molecule has 41 heavy (non-hydrogen) atoms. The standard InChI is InChI=1S/C28H32F2N8O3/c1-16-14-37(15-22(31)27(16)34-17(2)39)25-6-7-32-13-24(25)35-28-33-12-18-4-5-23(36-38(18)28)26-20(29)10-19(11-21(26)30)41-9-8-40-3/h4-7,10-13,16,22,27H,8-9,14-15,31H2,1-3H3,(H,33,35)(H,34,39)/t16-,22+,27-/m0/s1. The summed E-state index contributed by atoms with van der Waals surface area (Å²) in [7, 11) is 1.51. The summed E-state index contributed by atoms with van der Waals surface area (Å²) >= 11 is 0. The lowest BCUT2D eigenvalue weighted by molar-refractivity contribution is -0.120. The molecule has 0 bridgehead atoms. The van der Waals surface area contributed by atoms with Gasteiger partial charge in [0.1, 0.15) is 24.0 Å². The number of benzene rings is 1. The van der Waals surface area contributed by atoms with Gasteiger partial charge in [0.15, 0.2) is 0 Å². The quantitative estimate of drug-likeness (QED) is 0.262. The molecule has 3 atom stereocenters. The lowest BCUT2D eigenvalue weighted by atomic mass is 9.89. The number of methoxy groups -OCH3 is 1. The van der Waals surface area contributed by atoms with E-state index in [-0.39, 0.29) is 47.5 Å². The fourth-order valence-electron chi connectivity index (χ4n) is 5.11. The van der Waals surface area contributed by atoms with Crippen molar-refractivity contribution >= 4 is 28.7 Å². The number of rotatable bonds is 9. The Morgan fingerprint density at radius 2 is 1.93 bits per heavy atom. The van der Waals surface area contributed by atoms with Gasteiger partial charge in [0, 0.05) is 57.5 Å². The molecule has 1 fully saturated rings. The predicted octanol–water partition coefficient (Wildman–Crippen LogP) is 3.13. The molecular formula is C28H32F2N8O3. The Labute approximate surface area is 235 Å². The molecule has 1 aliphatic heterocycles. The number of nitrogens with two attached hydrogens (primary N) is 1. The van der Waals surface area contributed by atoms with Crippen molar-refractivity contribution in [2.45, 2.75) is 25.9 Å². The molecule has 1 amide bonds. The first kappa shape index (κ1) is 28.2. The van der Waals surface area contributed by atoms with Crippen LogP contribution in [-0.2, 0) is 9.53 Å². The Balaban J connectivity index is 1.42. The van der Waals surface area contributed by atoms with Crippen molar-refractivity contribution in [3.8, 4) is 17.0 Å². The Morgan fingerprint density at radius 1 is 1.15 bits per heavy atom. The number of hydrogen-bond acceptors (Lipinski definition) is 9. The number of carbonyl (C=O) groups is 1. The minimum Gasteiger partial charge on any atom is -0.491 e. The van der Waals surface area contributed by atoms with Crippen LogP contribution in [0.5, 0.6) is 5.75 Å². The highest BCUT2D eigenvalue weighted by atomic mass is 19.1. The monoisotopic (exact) mass is 566 g/mol. The van der Waals surface area contributed by atoms with Crippen molar-refractivity contribution in [2.24, 2.45) is 11.7 Å². The number of imidazole rings is 1. The SMILES string of the molecule is COCCOc1cc(F)c(-c2ccc3cnc(Nc4cnccc4N4C[C@@H](N)[C@@H](NC(C)=O)[C@@H](C)C4)n3n2)c(F)c1. The molecule has 3 aromatic heterocycles. The minimum atomic E-state index is -0.804. The van der Waals surface area contributed by atoms with Gasteiger partial charge in [-0.25, -0.2) is 13.8 Å². The molecule has 1 saturated heterocycles. The fraction of sp³-hybridized carbons (Fsp3) is 0.357. The Morgan fingerprint density at radius 3 is 2.63 bits per heavy atom. The molecule has 4 heterocycles. The summed E-state index contributed by atoms with van der Waals surface area (Å²) in [5.74, 6) is -1.22. The van der Waals surface area contributed by atoms with Crippen molar-refractivity contribution in [1.29, 1.82) is 0 Å². The molecule has 0 radical (unpaired) electrons. The van der Waals surface area contributed by atoms with Crippen LogP contribution in [0.4, 0.5) is 26.1 Å². The largest absolute Gasteiger partial charge is 0.491 e. The number of carbonyl (C=O) groups excluding carboxylic acids is 1. The van der Waals surface area contributed by atoms with Crippen molar-refractivity contribution in [3.05, 3.63) is 60.6 Å². The van der Waals surface area contributed by atoms with E-state index in [1.54, 1.807) is 24.7 Å². The third-order valence-electron chi connectivity index (χ3n) is 6.98. The van der Waals surface area contributed by atoms with Gasteiger partial charge in [-0.2, -0.15) is 9.61 Å². The Kier molecular flexibility index (Phi) is 8.26. The van der Waals surface area contributed by atoms with Gasteiger partial charge in [0.2, 0.25) is 11.9 Å². The summed E-state index contributed by atoms with van der Waals surface area (Å²) in [6.45, 7) is 5.16. The van der Waals surface area contributed by atoms with Gasteiger partial charge >= 0.3 is 0 Å². The van der Waals surface area contributed by atoms with Crippen LogP contribution in [0.3, 0.4) is 0 Å². The molecule has 0 saturated carbocycles. The van der Waals surface area contributed by atoms with E-state index in [0.29, 0.717) is 36.8 Å². The van der Waals surface area contributed by atoms with Crippen LogP contribution in [0.25, 0.3) is 16.8 Å². The average molecular weight is 567 g/mol. The van der Waals surface area contributed by atoms with Gasteiger partial charge in [0.05, 0.1) is 47.1 Å². The van der Waals surface area contributed by atoms with Crippen molar-refractivity contribution in [2.75, 3.05) is 43.6 Å². The third-order valence-corrected chi connectivity index (χ3v) is 6.98. The van der Waals surface area contributed by atoms with E-state index in [4.69, 9.17) is 15.2 Å². The number of halogens is 2. The number of nitrogens with zero attached hydrogens (tertiary/aromatic N) is 5. The van der Waals surface area contributed by atoms with Crippen LogP contribution >= 0.6 is 0 Å². The zero-order valence-electron chi connectivity index (χ0n) is 23.0. The smallest absolute Gasteiger partial charge is 0.229 e. The van der Waals surface area contributed by atoms with E-state index < -0.39 is 11.6 Å². The van der Waals surface area contributed by atoms with E-state index >= 15 is 8.78 Å². The molecule has 4 N–H and O–H groups in total. The van der Waals surface area contributed by atoms with Crippen molar-refractivity contribution in [3.63, 3.8) is 0 Å². The van der Waals surface area contributed by atoms with Gasteiger partial charge in [0.25, 0.3) is 0 Å².